The van der Waals surface area contributed by atoms with Crippen LogP contribution in [-0.4, -0.2) is 20.3 Å². The molecule has 0 aliphatic heterocycles. The van der Waals surface area contributed by atoms with E-state index in [-0.39, 0.29) is 0 Å². The first-order valence-electron chi connectivity index (χ1n) is 7.17. The maximum Gasteiger partial charge on any atom is 0.0468 e. The van der Waals surface area contributed by atoms with Gasteiger partial charge in [0.05, 0.1) is 0 Å². The van der Waals surface area contributed by atoms with Crippen molar-refractivity contribution in [3.05, 3.63) is 34.3 Å². The summed E-state index contributed by atoms with van der Waals surface area (Å²) >= 11 is 3.49. The van der Waals surface area contributed by atoms with Gasteiger partial charge in [0.25, 0.3) is 0 Å². The Balaban J connectivity index is 1.87. The third-order valence-electron chi connectivity index (χ3n) is 4.20. The van der Waals surface area contributed by atoms with Gasteiger partial charge >= 0.3 is 0 Å². The molecule has 1 unspecified atom stereocenters. The smallest absolute Gasteiger partial charge is 0.0468 e. The Kier molecular flexibility index (Phi) is 5.43. The van der Waals surface area contributed by atoms with E-state index in [1.807, 2.05) is 0 Å². The van der Waals surface area contributed by atoms with Crippen LogP contribution in [0.5, 0.6) is 0 Å². The monoisotopic (exact) mass is 325 g/mol. The summed E-state index contributed by atoms with van der Waals surface area (Å²) in [4.78, 5) is 0. The Labute approximate surface area is 125 Å². The lowest BCUT2D eigenvalue weighted by Crippen LogP contribution is -2.28. The number of methoxy groups -OCH3 is 1. The zero-order valence-electron chi connectivity index (χ0n) is 11.9. The Bertz CT molecular complexity index is 386. The van der Waals surface area contributed by atoms with Crippen molar-refractivity contribution in [2.45, 2.75) is 38.6 Å². The molecular formula is C16H24BrNO. The van der Waals surface area contributed by atoms with Gasteiger partial charge in [-0.1, -0.05) is 35.0 Å². The van der Waals surface area contributed by atoms with Gasteiger partial charge in [-0.25, -0.2) is 0 Å². The first-order chi connectivity index (χ1) is 9.19. The second-order valence-corrected chi connectivity index (χ2v) is 6.55. The molecule has 2 rings (SSSR count). The number of rotatable bonds is 8. The van der Waals surface area contributed by atoms with Crippen LogP contribution in [0.2, 0.25) is 0 Å². The van der Waals surface area contributed by atoms with E-state index in [2.05, 4.69) is 52.4 Å². The summed E-state index contributed by atoms with van der Waals surface area (Å²) in [5.41, 5.74) is 1.90. The molecule has 0 radical (unpaired) electrons. The fourth-order valence-corrected chi connectivity index (χ4v) is 2.81. The number of benzene rings is 1. The van der Waals surface area contributed by atoms with E-state index in [0.29, 0.717) is 11.5 Å². The fourth-order valence-electron chi connectivity index (χ4n) is 2.54. The van der Waals surface area contributed by atoms with Gasteiger partial charge in [-0.3, -0.25) is 0 Å². The summed E-state index contributed by atoms with van der Waals surface area (Å²) in [7, 11) is 1.79. The fraction of sp³-hybridized carbons (Fsp3) is 0.625. The zero-order chi connectivity index (χ0) is 13.7. The molecule has 0 bridgehead atoms. The summed E-state index contributed by atoms with van der Waals surface area (Å²) in [5.74, 6) is 0. The molecule has 1 atom stereocenters. The molecule has 0 heterocycles. The van der Waals surface area contributed by atoms with Crippen molar-refractivity contribution in [2.75, 3.05) is 20.3 Å². The van der Waals surface area contributed by atoms with E-state index in [4.69, 9.17) is 4.74 Å². The summed E-state index contributed by atoms with van der Waals surface area (Å²) in [5, 5.41) is 3.75. The number of halogens is 1. The molecule has 0 spiro atoms. The highest BCUT2D eigenvalue weighted by Gasteiger charge is 2.41. The molecule has 106 valence electrons. The number of hydrogen-bond acceptors (Lipinski definition) is 2. The molecule has 1 aromatic carbocycles. The Morgan fingerprint density at radius 2 is 2.00 bits per heavy atom. The molecule has 1 aliphatic carbocycles. The molecule has 0 amide bonds. The van der Waals surface area contributed by atoms with Gasteiger partial charge < -0.3 is 10.1 Å². The van der Waals surface area contributed by atoms with Crippen LogP contribution in [0, 0.1) is 5.41 Å². The lowest BCUT2D eigenvalue weighted by Gasteiger charge is -2.22. The average molecular weight is 326 g/mol. The number of ether oxygens (including phenoxy) is 1. The van der Waals surface area contributed by atoms with Gasteiger partial charge in [-0.15, -0.1) is 0 Å². The Morgan fingerprint density at radius 3 is 2.53 bits per heavy atom. The second-order valence-electron chi connectivity index (χ2n) is 5.64. The van der Waals surface area contributed by atoms with E-state index in [1.165, 1.54) is 24.8 Å². The van der Waals surface area contributed by atoms with Gasteiger partial charge in [-0.2, -0.15) is 0 Å². The van der Waals surface area contributed by atoms with E-state index >= 15 is 0 Å². The van der Waals surface area contributed by atoms with Crippen LogP contribution in [-0.2, 0) is 4.74 Å². The molecule has 2 nitrogen and oxygen atoms in total. The van der Waals surface area contributed by atoms with E-state index in [0.717, 1.165) is 24.0 Å². The van der Waals surface area contributed by atoms with Crippen molar-refractivity contribution in [1.82, 2.24) is 5.32 Å². The molecule has 1 aliphatic rings. The SMILES string of the molecule is CCC(NCC1(CCOC)CC1)c1ccc(Br)cc1. The molecule has 0 saturated heterocycles. The minimum atomic E-state index is 0.466. The van der Waals surface area contributed by atoms with Crippen molar-refractivity contribution in [3.63, 3.8) is 0 Å². The largest absolute Gasteiger partial charge is 0.385 e. The topological polar surface area (TPSA) is 21.3 Å². The van der Waals surface area contributed by atoms with Crippen LogP contribution in [0.4, 0.5) is 0 Å². The molecule has 19 heavy (non-hydrogen) atoms. The highest BCUT2D eigenvalue weighted by Crippen LogP contribution is 2.48. The normalized spacial score (nSPS) is 18.3. The molecule has 1 N–H and O–H groups in total. The molecule has 1 fully saturated rings. The van der Waals surface area contributed by atoms with Crippen LogP contribution < -0.4 is 5.32 Å². The number of nitrogens with one attached hydrogen (secondary N) is 1. The predicted octanol–water partition coefficient (Wildman–Crippen LogP) is 4.31. The first kappa shape index (κ1) is 15.0. The van der Waals surface area contributed by atoms with Crippen LogP contribution >= 0.6 is 15.9 Å². The van der Waals surface area contributed by atoms with Crippen molar-refractivity contribution in [1.29, 1.82) is 0 Å². The third kappa shape index (κ3) is 4.30. The van der Waals surface area contributed by atoms with Crippen molar-refractivity contribution < 1.29 is 4.74 Å². The molecule has 3 heteroatoms. The van der Waals surface area contributed by atoms with Gasteiger partial charge in [0.2, 0.25) is 0 Å². The lowest BCUT2D eigenvalue weighted by molar-refractivity contribution is 0.170. The molecular weight excluding hydrogens is 302 g/mol. The van der Waals surface area contributed by atoms with Crippen molar-refractivity contribution >= 4 is 15.9 Å². The summed E-state index contributed by atoms with van der Waals surface area (Å²) in [6.45, 7) is 4.25. The van der Waals surface area contributed by atoms with Gasteiger partial charge in [-0.05, 0) is 48.8 Å². The lowest BCUT2D eigenvalue weighted by atomic mass is 10.00. The van der Waals surface area contributed by atoms with E-state index in [1.54, 1.807) is 7.11 Å². The summed E-state index contributed by atoms with van der Waals surface area (Å²) in [6, 6.07) is 9.13. The highest BCUT2D eigenvalue weighted by atomic mass is 79.9. The van der Waals surface area contributed by atoms with Crippen molar-refractivity contribution in [2.24, 2.45) is 5.41 Å². The van der Waals surface area contributed by atoms with Crippen molar-refractivity contribution in [3.8, 4) is 0 Å². The van der Waals surface area contributed by atoms with Gasteiger partial charge in [0, 0.05) is 30.8 Å². The maximum atomic E-state index is 5.22. The quantitative estimate of drug-likeness (QED) is 0.769. The second kappa shape index (κ2) is 6.87. The van der Waals surface area contributed by atoms with Gasteiger partial charge in [0.15, 0.2) is 0 Å². The van der Waals surface area contributed by atoms with E-state index < -0.39 is 0 Å². The summed E-state index contributed by atoms with van der Waals surface area (Å²) in [6.07, 6.45) is 5.01. The molecule has 1 aromatic rings. The predicted molar refractivity (Wildman–Crippen MR) is 83.3 cm³/mol. The highest BCUT2D eigenvalue weighted by molar-refractivity contribution is 9.10. The van der Waals surface area contributed by atoms with Gasteiger partial charge in [0.1, 0.15) is 0 Å². The third-order valence-corrected chi connectivity index (χ3v) is 4.73. The minimum Gasteiger partial charge on any atom is -0.385 e. The summed E-state index contributed by atoms with van der Waals surface area (Å²) < 4.78 is 6.36. The van der Waals surface area contributed by atoms with Crippen LogP contribution in [0.25, 0.3) is 0 Å². The Morgan fingerprint density at radius 1 is 1.32 bits per heavy atom. The first-order valence-corrected chi connectivity index (χ1v) is 7.96. The number of hydrogen-bond donors (Lipinski definition) is 1. The van der Waals surface area contributed by atoms with E-state index in [9.17, 15) is 0 Å². The minimum absolute atomic E-state index is 0.466. The van der Waals surface area contributed by atoms with Crippen LogP contribution in [0.15, 0.2) is 28.7 Å². The van der Waals surface area contributed by atoms with Crippen LogP contribution in [0.3, 0.4) is 0 Å². The zero-order valence-corrected chi connectivity index (χ0v) is 13.5. The standard InChI is InChI=1S/C16H24BrNO/c1-3-15(13-4-6-14(17)7-5-13)18-12-16(8-9-16)10-11-19-2/h4-7,15,18H,3,8-12H2,1-2H3. The maximum absolute atomic E-state index is 5.22. The molecule has 0 aromatic heterocycles. The Hall–Kier alpha value is -0.380. The van der Waals surface area contributed by atoms with Crippen LogP contribution in [0.1, 0.15) is 44.2 Å². The molecule has 1 saturated carbocycles. The average Bonchev–Trinajstić information content (AvgIpc) is 3.20.